The maximum Gasteiger partial charge on any atom is 0.218 e. The summed E-state index contributed by atoms with van der Waals surface area (Å²) in [6.45, 7) is 6.18. The molecule has 1 aliphatic rings. The fourth-order valence-corrected chi connectivity index (χ4v) is 2.34. The standard InChI is InChI=1S/C14H24N4O/c1-3-19-14-10-13(16-11(2)17-14)18(9-5-8-15)12-6-4-7-12/h10,12H,3-9,15H2,1-2H3. The maximum atomic E-state index is 5.64. The van der Waals surface area contributed by atoms with E-state index in [2.05, 4.69) is 14.9 Å². The molecule has 1 saturated carbocycles. The zero-order valence-corrected chi connectivity index (χ0v) is 11.9. The molecule has 0 spiro atoms. The molecule has 19 heavy (non-hydrogen) atoms. The predicted octanol–water partition coefficient (Wildman–Crippen LogP) is 1.89. The Morgan fingerprint density at radius 2 is 2.21 bits per heavy atom. The molecule has 0 atom stereocenters. The van der Waals surface area contributed by atoms with E-state index >= 15 is 0 Å². The number of aryl methyl sites for hydroxylation is 1. The van der Waals surface area contributed by atoms with Crippen molar-refractivity contribution in [1.29, 1.82) is 0 Å². The molecule has 0 aliphatic heterocycles. The van der Waals surface area contributed by atoms with Crippen molar-refractivity contribution < 1.29 is 4.74 Å². The number of nitrogens with zero attached hydrogens (tertiary/aromatic N) is 3. The summed E-state index contributed by atoms with van der Waals surface area (Å²) in [4.78, 5) is 11.2. The molecule has 0 bridgehead atoms. The second-order valence-electron chi connectivity index (χ2n) is 4.96. The lowest BCUT2D eigenvalue weighted by Gasteiger charge is -2.38. The molecule has 1 aliphatic carbocycles. The minimum Gasteiger partial charge on any atom is -0.478 e. The zero-order chi connectivity index (χ0) is 13.7. The number of ether oxygens (including phenoxy) is 1. The van der Waals surface area contributed by atoms with E-state index in [0.29, 0.717) is 25.1 Å². The molecule has 1 aromatic heterocycles. The molecule has 0 saturated heterocycles. The lowest BCUT2D eigenvalue weighted by atomic mass is 9.91. The largest absolute Gasteiger partial charge is 0.478 e. The summed E-state index contributed by atoms with van der Waals surface area (Å²) in [6.07, 6.45) is 4.80. The highest BCUT2D eigenvalue weighted by Crippen LogP contribution is 2.29. The quantitative estimate of drug-likeness (QED) is 0.814. The first-order valence-corrected chi connectivity index (χ1v) is 7.19. The van der Waals surface area contributed by atoms with E-state index in [1.165, 1.54) is 19.3 Å². The van der Waals surface area contributed by atoms with E-state index in [4.69, 9.17) is 10.5 Å². The van der Waals surface area contributed by atoms with Gasteiger partial charge in [0.1, 0.15) is 11.6 Å². The van der Waals surface area contributed by atoms with Crippen molar-refractivity contribution in [3.8, 4) is 5.88 Å². The maximum absolute atomic E-state index is 5.64. The number of rotatable bonds is 7. The van der Waals surface area contributed by atoms with Gasteiger partial charge in [0.05, 0.1) is 6.61 Å². The summed E-state index contributed by atoms with van der Waals surface area (Å²) in [7, 11) is 0. The molecule has 5 nitrogen and oxygen atoms in total. The van der Waals surface area contributed by atoms with Gasteiger partial charge in [0.2, 0.25) is 5.88 Å². The van der Waals surface area contributed by atoms with Crippen LogP contribution in [0.2, 0.25) is 0 Å². The van der Waals surface area contributed by atoms with Crippen molar-refractivity contribution in [3.63, 3.8) is 0 Å². The van der Waals surface area contributed by atoms with Crippen molar-refractivity contribution >= 4 is 5.82 Å². The molecule has 0 aromatic carbocycles. The van der Waals surface area contributed by atoms with Crippen LogP contribution in [-0.2, 0) is 0 Å². The van der Waals surface area contributed by atoms with Gasteiger partial charge in [-0.25, -0.2) is 4.98 Å². The minimum absolute atomic E-state index is 0.607. The first-order chi connectivity index (χ1) is 9.24. The van der Waals surface area contributed by atoms with Crippen LogP contribution >= 0.6 is 0 Å². The number of anilines is 1. The van der Waals surface area contributed by atoms with E-state index < -0.39 is 0 Å². The molecule has 1 heterocycles. The highest BCUT2D eigenvalue weighted by molar-refractivity contribution is 5.43. The fraction of sp³-hybridized carbons (Fsp3) is 0.714. The zero-order valence-electron chi connectivity index (χ0n) is 11.9. The number of hydrogen-bond acceptors (Lipinski definition) is 5. The predicted molar refractivity (Wildman–Crippen MR) is 76.6 cm³/mol. The van der Waals surface area contributed by atoms with Crippen LogP contribution in [-0.4, -0.2) is 35.7 Å². The fourth-order valence-electron chi connectivity index (χ4n) is 2.34. The van der Waals surface area contributed by atoms with Crippen molar-refractivity contribution in [1.82, 2.24) is 9.97 Å². The Kier molecular flexibility index (Phi) is 4.96. The van der Waals surface area contributed by atoms with E-state index in [9.17, 15) is 0 Å². The highest BCUT2D eigenvalue weighted by Gasteiger charge is 2.26. The van der Waals surface area contributed by atoms with Gasteiger partial charge < -0.3 is 15.4 Å². The smallest absolute Gasteiger partial charge is 0.218 e. The van der Waals surface area contributed by atoms with Crippen LogP contribution in [0, 0.1) is 6.92 Å². The molecule has 0 amide bonds. The first kappa shape index (κ1) is 14.1. The minimum atomic E-state index is 0.607. The summed E-state index contributed by atoms with van der Waals surface area (Å²) < 4.78 is 5.51. The Morgan fingerprint density at radius 1 is 1.42 bits per heavy atom. The van der Waals surface area contributed by atoms with Gasteiger partial charge >= 0.3 is 0 Å². The number of aromatic nitrogens is 2. The number of hydrogen-bond donors (Lipinski definition) is 1. The van der Waals surface area contributed by atoms with Crippen molar-refractivity contribution in [2.75, 3.05) is 24.6 Å². The van der Waals surface area contributed by atoms with Crippen molar-refractivity contribution in [2.45, 2.75) is 45.6 Å². The van der Waals surface area contributed by atoms with Crippen LogP contribution in [0.3, 0.4) is 0 Å². The van der Waals surface area contributed by atoms with Crippen LogP contribution in [0.4, 0.5) is 5.82 Å². The van der Waals surface area contributed by atoms with Gasteiger partial charge in [-0.3, -0.25) is 0 Å². The van der Waals surface area contributed by atoms with E-state index in [1.54, 1.807) is 0 Å². The second kappa shape index (κ2) is 6.70. The molecule has 5 heteroatoms. The van der Waals surface area contributed by atoms with Gasteiger partial charge in [-0.2, -0.15) is 4.98 Å². The summed E-state index contributed by atoms with van der Waals surface area (Å²) in [5, 5.41) is 0. The van der Waals surface area contributed by atoms with Crippen LogP contribution in [0.5, 0.6) is 5.88 Å². The molecular formula is C14H24N4O. The van der Waals surface area contributed by atoms with E-state index in [1.807, 2.05) is 19.9 Å². The van der Waals surface area contributed by atoms with Crippen LogP contribution in [0.25, 0.3) is 0 Å². The number of nitrogens with two attached hydrogens (primary N) is 1. The Bertz CT molecular complexity index is 406. The monoisotopic (exact) mass is 264 g/mol. The Balaban J connectivity index is 2.18. The molecule has 1 fully saturated rings. The molecule has 0 unspecified atom stereocenters. The summed E-state index contributed by atoms with van der Waals surface area (Å²) in [5.41, 5.74) is 5.64. The topological polar surface area (TPSA) is 64.3 Å². The van der Waals surface area contributed by atoms with Crippen molar-refractivity contribution in [3.05, 3.63) is 11.9 Å². The van der Waals surface area contributed by atoms with Gasteiger partial charge in [0.25, 0.3) is 0 Å². The first-order valence-electron chi connectivity index (χ1n) is 7.19. The third-order valence-electron chi connectivity index (χ3n) is 3.51. The van der Waals surface area contributed by atoms with Crippen LogP contribution < -0.4 is 15.4 Å². The SMILES string of the molecule is CCOc1cc(N(CCCN)C2CCC2)nc(C)n1. The molecule has 2 N–H and O–H groups in total. The third kappa shape index (κ3) is 3.56. The van der Waals surface area contributed by atoms with Gasteiger partial charge in [-0.05, 0) is 46.1 Å². The van der Waals surface area contributed by atoms with Gasteiger partial charge in [0, 0.05) is 18.7 Å². The summed E-state index contributed by atoms with van der Waals surface area (Å²) in [6, 6.07) is 2.56. The van der Waals surface area contributed by atoms with E-state index in [-0.39, 0.29) is 0 Å². The van der Waals surface area contributed by atoms with Gasteiger partial charge in [0.15, 0.2) is 0 Å². The third-order valence-corrected chi connectivity index (χ3v) is 3.51. The Morgan fingerprint density at radius 3 is 2.79 bits per heavy atom. The lowest BCUT2D eigenvalue weighted by molar-refractivity contribution is 0.324. The van der Waals surface area contributed by atoms with E-state index in [0.717, 1.165) is 24.6 Å². The van der Waals surface area contributed by atoms with Crippen molar-refractivity contribution in [2.24, 2.45) is 5.73 Å². The Hall–Kier alpha value is -1.36. The van der Waals surface area contributed by atoms with Crippen LogP contribution in [0.15, 0.2) is 6.07 Å². The average Bonchev–Trinajstić information content (AvgIpc) is 2.31. The molecular weight excluding hydrogens is 240 g/mol. The molecule has 0 radical (unpaired) electrons. The summed E-state index contributed by atoms with van der Waals surface area (Å²) in [5.74, 6) is 2.41. The van der Waals surface area contributed by atoms with Gasteiger partial charge in [-0.1, -0.05) is 0 Å². The molecule has 2 rings (SSSR count). The second-order valence-corrected chi connectivity index (χ2v) is 4.96. The normalized spacial score (nSPS) is 15.1. The highest BCUT2D eigenvalue weighted by atomic mass is 16.5. The average molecular weight is 264 g/mol. The summed E-state index contributed by atoms with van der Waals surface area (Å²) >= 11 is 0. The Labute approximate surface area is 115 Å². The molecule has 1 aromatic rings. The van der Waals surface area contributed by atoms with Gasteiger partial charge in [-0.15, -0.1) is 0 Å². The lowest BCUT2D eigenvalue weighted by Crippen LogP contribution is -2.42. The van der Waals surface area contributed by atoms with Crippen LogP contribution in [0.1, 0.15) is 38.4 Å². The molecule has 106 valence electrons.